The van der Waals surface area contributed by atoms with E-state index in [1.165, 1.54) is 22.3 Å². The lowest BCUT2D eigenvalue weighted by Crippen LogP contribution is -2.12. The molecule has 20 heavy (non-hydrogen) atoms. The first-order valence-electron chi connectivity index (χ1n) is 7.26. The molecule has 2 aromatic carbocycles. The van der Waals surface area contributed by atoms with Gasteiger partial charge in [0.2, 0.25) is 0 Å². The van der Waals surface area contributed by atoms with Crippen molar-refractivity contribution < 1.29 is 0 Å². The maximum Gasteiger partial charge on any atom is 0.0208 e. The molecule has 0 fully saturated rings. The molecule has 0 aromatic heterocycles. The molecule has 0 unspecified atom stereocenters. The molecule has 0 aliphatic carbocycles. The van der Waals surface area contributed by atoms with Crippen LogP contribution in [0.2, 0.25) is 0 Å². The summed E-state index contributed by atoms with van der Waals surface area (Å²) in [6.07, 6.45) is 0. The molecule has 2 nitrogen and oxygen atoms in total. The zero-order chi connectivity index (χ0) is 14.4. The van der Waals surface area contributed by atoms with Crippen LogP contribution in [0.25, 0.3) is 0 Å². The number of hydrogen-bond acceptors (Lipinski definition) is 2. The Bertz CT molecular complexity index is 512. The van der Waals surface area contributed by atoms with Gasteiger partial charge in [-0.15, -0.1) is 0 Å². The lowest BCUT2D eigenvalue weighted by atomic mass is 10.0. The van der Waals surface area contributed by atoms with Gasteiger partial charge in [0.15, 0.2) is 0 Å². The fourth-order valence-electron chi connectivity index (χ4n) is 2.16. The predicted octanol–water partition coefficient (Wildman–Crippen LogP) is 3.56. The standard InChI is InChI=1S/C18H24N2/c1-14(2)18-9-7-17(8-10-18)13-20-12-16-5-3-15(11-19)4-6-16/h3-10,14,20H,11-13,19H2,1-2H3. The zero-order valence-corrected chi connectivity index (χ0v) is 12.4. The molecule has 2 rings (SSSR count). The maximum atomic E-state index is 5.59. The molecule has 2 heteroatoms. The molecule has 0 saturated heterocycles. The third-order valence-electron chi connectivity index (χ3n) is 3.56. The molecule has 2 aromatic rings. The lowest BCUT2D eigenvalue weighted by Gasteiger charge is -2.08. The van der Waals surface area contributed by atoms with Crippen LogP contribution in [-0.2, 0) is 19.6 Å². The fourth-order valence-corrected chi connectivity index (χ4v) is 2.16. The number of benzene rings is 2. The Morgan fingerprint density at radius 3 is 1.70 bits per heavy atom. The van der Waals surface area contributed by atoms with Gasteiger partial charge in [-0.05, 0) is 28.2 Å². The first-order chi connectivity index (χ1) is 9.69. The van der Waals surface area contributed by atoms with Crippen molar-refractivity contribution in [3.8, 4) is 0 Å². The highest BCUT2D eigenvalue weighted by Gasteiger charge is 1.99. The summed E-state index contributed by atoms with van der Waals surface area (Å²) in [6.45, 7) is 6.83. The Balaban J connectivity index is 1.82. The van der Waals surface area contributed by atoms with Gasteiger partial charge in [0.05, 0.1) is 0 Å². The largest absolute Gasteiger partial charge is 0.326 e. The highest BCUT2D eigenvalue weighted by atomic mass is 14.8. The van der Waals surface area contributed by atoms with Crippen LogP contribution in [0.15, 0.2) is 48.5 Å². The van der Waals surface area contributed by atoms with E-state index in [1.54, 1.807) is 0 Å². The topological polar surface area (TPSA) is 38.0 Å². The summed E-state index contributed by atoms with van der Waals surface area (Å²) in [5.41, 5.74) is 10.8. The average Bonchev–Trinajstić information content (AvgIpc) is 2.48. The SMILES string of the molecule is CC(C)c1ccc(CNCc2ccc(CN)cc2)cc1. The molecule has 106 valence electrons. The molecular weight excluding hydrogens is 244 g/mol. The van der Waals surface area contributed by atoms with E-state index in [4.69, 9.17) is 5.73 Å². The average molecular weight is 268 g/mol. The van der Waals surface area contributed by atoms with Gasteiger partial charge < -0.3 is 11.1 Å². The Kier molecular flexibility index (Phi) is 5.33. The Labute approximate surface area is 122 Å². The van der Waals surface area contributed by atoms with Crippen LogP contribution in [0.3, 0.4) is 0 Å². The second-order valence-electron chi connectivity index (χ2n) is 5.52. The van der Waals surface area contributed by atoms with Gasteiger partial charge in [-0.25, -0.2) is 0 Å². The van der Waals surface area contributed by atoms with Crippen LogP contribution in [0.4, 0.5) is 0 Å². The molecule has 3 N–H and O–H groups in total. The van der Waals surface area contributed by atoms with E-state index >= 15 is 0 Å². The zero-order valence-electron chi connectivity index (χ0n) is 12.4. The van der Waals surface area contributed by atoms with E-state index in [2.05, 4.69) is 67.7 Å². The fraction of sp³-hybridized carbons (Fsp3) is 0.333. The van der Waals surface area contributed by atoms with Crippen molar-refractivity contribution in [2.45, 2.75) is 39.4 Å². The van der Waals surface area contributed by atoms with Crippen molar-refractivity contribution in [3.63, 3.8) is 0 Å². The molecular formula is C18H24N2. The van der Waals surface area contributed by atoms with Crippen molar-refractivity contribution in [1.82, 2.24) is 5.32 Å². The van der Waals surface area contributed by atoms with E-state index < -0.39 is 0 Å². The molecule has 0 bridgehead atoms. The van der Waals surface area contributed by atoms with Gasteiger partial charge in [-0.2, -0.15) is 0 Å². The van der Waals surface area contributed by atoms with Crippen LogP contribution in [0, 0.1) is 0 Å². The van der Waals surface area contributed by atoms with E-state index in [0.29, 0.717) is 12.5 Å². The summed E-state index contributed by atoms with van der Waals surface area (Å²) >= 11 is 0. The second-order valence-corrected chi connectivity index (χ2v) is 5.52. The van der Waals surface area contributed by atoms with Crippen molar-refractivity contribution in [1.29, 1.82) is 0 Å². The van der Waals surface area contributed by atoms with Gasteiger partial charge >= 0.3 is 0 Å². The third kappa shape index (κ3) is 4.19. The first-order valence-corrected chi connectivity index (χ1v) is 7.26. The second kappa shape index (κ2) is 7.22. The molecule has 0 saturated carbocycles. The van der Waals surface area contributed by atoms with Gasteiger partial charge in [-0.3, -0.25) is 0 Å². The van der Waals surface area contributed by atoms with Gasteiger partial charge in [0.1, 0.15) is 0 Å². The summed E-state index contributed by atoms with van der Waals surface area (Å²) in [5.74, 6) is 0.595. The molecule has 0 aliphatic rings. The number of rotatable bonds is 6. The van der Waals surface area contributed by atoms with Crippen molar-refractivity contribution in [2.24, 2.45) is 5.73 Å². The normalized spacial score (nSPS) is 11.0. The molecule has 0 heterocycles. The van der Waals surface area contributed by atoms with E-state index in [0.717, 1.165) is 13.1 Å². The number of nitrogens with two attached hydrogens (primary N) is 1. The van der Waals surface area contributed by atoms with Crippen LogP contribution < -0.4 is 11.1 Å². The minimum Gasteiger partial charge on any atom is -0.326 e. The van der Waals surface area contributed by atoms with Crippen LogP contribution in [0.1, 0.15) is 42.0 Å². The summed E-state index contributed by atoms with van der Waals surface area (Å²) in [5, 5.41) is 3.47. The summed E-state index contributed by atoms with van der Waals surface area (Å²) in [4.78, 5) is 0. The van der Waals surface area contributed by atoms with Crippen LogP contribution in [0.5, 0.6) is 0 Å². The molecule has 0 radical (unpaired) electrons. The highest BCUT2D eigenvalue weighted by Crippen LogP contribution is 2.14. The molecule has 0 amide bonds. The smallest absolute Gasteiger partial charge is 0.0208 e. The summed E-state index contributed by atoms with van der Waals surface area (Å²) < 4.78 is 0. The molecule has 0 spiro atoms. The van der Waals surface area contributed by atoms with Crippen LogP contribution >= 0.6 is 0 Å². The van der Waals surface area contributed by atoms with E-state index in [1.807, 2.05) is 0 Å². The van der Waals surface area contributed by atoms with E-state index in [-0.39, 0.29) is 0 Å². The predicted molar refractivity (Wildman–Crippen MR) is 85.4 cm³/mol. The minimum absolute atomic E-state index is 0.595. The summed E-state index contributed by atoms with van der Waals surface area (Å²) in [6, 6.07) is 17.3. The maximum absolute atomic E-state index is 5.59. The number of nitrogens with one attached hydrogen (secondary N) is 1. The molecule has 0 aliphatic heterocycles. The highest BCUT2D eigenvalue weighted by molar-refractivity contribution is 5.25. The Morgan fingerprint density at radius 1 is 0.800 bits per heavy atom. The quantitative estimate of drug-likeness (QED) is 0.840. The Hall–Kier alpha value is -1.64. The van der Waals surface area contributed by atoms with Gasteiger partial charge in [0.25, 0.3) is 0 Å². The number of hydrogen-bond donors (Lipinski definition) is 2. The van der Waals surface area contributed by atoms with E-state index in [9.17, 15) is 0 Å². The van der Waals surface area contributed by atoms with Crippen molar-refractivity contribution >= 4 is 0 Å². The van der Waals surface area contributed by atoms with Crippen LogP contribution in [-0.4, -0.2) is 0 Å². The lowest BCUT2D eigenvalue weighted by molar-refractivity contribution is 0.692. The first kappa shape index (κ1) is 14.8. The summed E-state index contributed by atoms with van der Waals surface area (Å²) in [7, 11) is 0. The van der Waals surface area contributed by atoms with Crippen molar-refractivity contribution in [2.75, 3.05) is 0 Å². The Morgan fingerprint density at radius 2 is 1.25 bits per heavy atom. The third-order valence-corrected chi connectivity index (χ3v) is 3.56. The van der Waals surface area contributed by atoms with Crippen molar-refractivity contribution in [3.05, 3.63) is 70.8 Å². The molecule has 0 atom stereocenters. The minimum atomic E-state index is 0.595. The van der Waals surface area contributed by atoms with Gasteiger partial charge in [-0.1, -0.05) is 62.4 Å². The van der Waals surface area contributed by atoms with Gasteiger partial charge in [0, 0.05) is 19.6 Å². The monoisotopic (exact) mass is 268 g/mol.